The van der Waals surface area contributed by atoms with Gasteiger partial charge in [-0.1, -0.05) is 19.9 Å². The molecule has 2 N–H and O–H groups in total. The van der Waals surface area contributed by atoms with Gasteiger partial charge in [0.15, 0.2) is 0 Å². The predicted molar refractivity (Wildman–Crippen MR) is 82.5 cm³/mol. The second-order valence-corrected chi connectivity index (χ2v) is 5.85. The molecular weight excluding hydrogens is 248 g/mol. The van der Waals surface area contributed by atoms with Gasteiger partial charge in [0.05, 0.1) is 11.3 Å². The molecule has 108 valence electrons. The van der Waals surface area contributed by atoms with Crippen molar-refractivity contribution in [3.8, 4) is 6.07 Å². The Morgan fingerprint density at radius 3 is 2.50 bits per heavy atom. The van der Waals surface area contributed by atoms with Crippen LogP contribution in [0, 0.1) is 17.2 Å². The molecule has 1 aliphatic rings. The number of nitrogens with zero attached hydrogens (tertiary/aromatic N) is 3. The summed E-state index contributed by atoms with van der Waals surface area (Å²) in [6.07, 6.45) is 0. The van der Waals surface area contributed by atoms with Crippen LogP contribution in [0.1, 0.15) is 25.0 Å². The molecule has 4 nitrogen and oxygen atoms in total. The lowest BCUT2D eigenvalue weighted by molar-refractivity contribution is 0.231. The molecule has 20 heavy (non-hydrogen) atoms. The maximum Gasteiger partial charge on any atom is 0.101 e. The molecule has 1 aromatic rings. The predicted octanol–water partition coefficient (Wildman–Crippen LogP) is 1.79. The molecule has 0 aliphatic carbocycles. The van der Waals surface area contributed by atoms with Crippen LogP contribution in [0.5, 0.6) is 0 Å². The summed E-state index contributed by atoms with van der Waals surface area (Å²) in [7, 11) is 0. The molecule has 1 saturated heterocycles. The Kier molecular flexibility index (Phi) is 4.99. The molecule has 0 radical (unpaired) electrons. The van der Waals surface area contributed by atoms with Crippen LogP contribution in [-0.2, 0) is 6.54 Å². The Morgan fingerprint density at radius 2 is 1.95 bits per heavy atom. The third kappa shape index (κ3) is 3.50. The van der Waals surface area contributed by atoms with Gasteiger partial charge in [0.2, 0.25) is 0 Å². The monoisotopic (exact) mass is 272 g/mol. The van der Waals surface area contributed by atoms with Crippen molar-refractivity contribution >= 4 is 5.69 Å². The van der Waals surface area contributed by atoms with Gasteiger partial charge in [-0.05, 0) is 23.6 Å². The van der Waals surface area contributed by atoms with Gasteiger partial charge in [-0.15, -0.1) is 0 Å². The van der Waals surface area contributed by atoms with E-state index in [0.29, 0.717) is 12.5 Å². The molecule has 4 heteroatoms. The van der Waals surface area contributed by atoms with Crippen molar-refractivity contribution in [1.82, 2.24) is 4.90 Å². The van der Waals surface area contributed by atoms with Gasteiger partial charge in [-0.2, -0.15) is 5.26 Å². The van der Waals surface area contributed by atoms with Gasteiger partial charge in [-0.3, -0.25) is 4.90 Å². The van der Waals surface area contributed by atoms with E-state index in [1.54, 1.807) is 0 Å². The van der Waals surface area contributed by atoms with Gasteiger partial charge in [0.1, 0.15) is 6.07 Å². The van der Waals surface area contributed by atoms with Crippen LogP contribution in [0.25, 0.3) is 0 Å². The van der Waals surface area contributed by atoms with Gasteiger partial charge in [0.25, 0.3) is 0 Å². The van der Waals surface area contributed by atoms with Crippen molar-refractivity contribution in [1.29, 1.82) is 5.26 Å². The summed E-state index contributed by atoms with van der Waals surface area (Å²) in [5.74, 6) is 0.708. The molecule has 1 aromatic carbocycles. The standard InChI is InChI=1S/C16H24N4/c1-13(2)12-19-5-7-20(8-6-19)16-4-3-14(10-17)9-15(16)11-18/h3-4,9,13H,5-8,10,12,17H2,1-2H3. The van der Waals surface area contributed by atoms with E-state index >= 15 is 0 Å². The second-order valence-electron chi connectivity index (χ2n) is 5.85. The van der Waals surface area contributed by atoms with E-state index in [0.717, 1.165) is 49.5 Å². The van der Waals surface area contributed by atoms with E-state index in [4.69, 9.17) is 5.73 Å². The topological polar surface area (TPSA) is 56.3 Å². The minimum Gasteiger partial charge on any atom is -0.368 e. The van der Waals surface area contributed by atoms with E-state index in [-0.39, 0.29) is 0 Å². The Hall–Kier alpha value is -1.57. The first-order valence-corrected chi connectivity index (χ1v) is 7.34. The zero-order valence-corrected chi connectivity index (χ0v) is 12.5. The van der Waals surface area contributed by atoms with E-state index in [9.17, 15) is 5.26 Å². The number of piperazine rings is 1. The molecule has 0 saturated carbocycles. The normalized spacial score (nSPS) is 16.4. The van der Waals surface area contributed by atoms with Gasteiger partial charge in [-0.25, -0.2) is 0 Å². The fourth-order valence-electron chi connectivity index (χ4n) is 2.76. The summed E-state index contributed by atoms with van der Waals surface area (Å²) in [6, 6.07) is 8.28. The Balaban J connectivity index is 2.05. The van der Waals surface area contributed by atoms with Crippen molar-refractivity contribution < 1.29 is 0 Å². The maximum atomic E-state index is 9.31. The van der Waals surface area contributed by atoms with Crippen LogP contribution in [-0.4, -0.2) is 37.6 Å². The molecule has 1 heterocycles. The average Bonchev–Trinajstić information content (AvgIpc) is 2.47. The minimum atomic E-state index is 0.483. The lowest BCUT2D eigenvalue weighted by atomic mass is 10.1. The molecular formula is C16H24N4. The number of benzene rings is 1. The third-order valence-electron chi connectivity index (χ3n) is 3.75. The smallest absolute Gasteiger partial charge is 0.101 e. The second kappa shape index (κ2) is 6.74. The third-order valence-corrected chi connectivity index (χ3v) is 3.75. The van der Waals surface area contributed by atoms with E-state index < -0.39 is 0 Å². The SMILES string of the molecule is CC(C)CN1CCN(c2ccc(CN)cc2C#N)CC1. The number of nitrogens with two attached hydrogens (primary N) is 1. The Labute approximate surface area is 121 Å². The molecule has 0 atom stereocenters. The highest BCUT2D eigenvalue weighted by molar-refractivity contribution is 5.60. The number of hydrogen-bond acceptors (Lipinski definition) is 4. The molecule has 1 aliphatic heterocycles. The van der Waals surface area contributed by atoms with Crippen molar-refractivity contribution in [2.45, 2.75) is 20.4 Å². The quantitative estimate of drug-likeness (QED) is 0.908. The molecule has 1 fully saturated rings. The molecule has 0 aromatic heterocycles. The number of nitriles is 1. The van der Waals surface area contributed by atoms with Gasteiger partial charge >= 0.3 is 0 Å². The lowest BCUT2D eigenvalue weighted by Gasteiger charge is -2.37. The van der Waals surface area contributed by atoms with E-state index in [1.807, 2.05) is 18.2 Å². The number of hydrogen-bond donors (Lipinski definition) is 1. The van der Waals surface area contributed by atoms with Crippen LogP contribution in [0.15, 0.2) is 18.2 Å². The first-order valence-electron chi connectivity index (χ1n) is 7.34. The summed E-state index contributed by atoms with van der Waals surface area (Å²) in [5.41, 5.74) is 8.45. The number of anilines is 1. The summed E-state index contributed by atoms with van der Waals surface area (Å²) in [6.45, 7) is 10.3. The fraction of sp³-hybridized carbons (Fsp3) is 0.562. The van der Waals surface area contributed by atoms with Crippen LogP contribution in [0.2, 0.25) is 0 Å². The highest BCUT2D eigenvalue weighted by Crippen LogP contribution is 2.23. The summed E-state index contributed by atoms with van der Waals surface area (Å²) in [5, 5.41) is 9.31. The van der Waals surface area contributed by atoms with Crippen LogP contribution in [0.4, 0.5) is 5.69 Å². The van der Waals surface area contributed by atoms with E-state index in [1.165, 1.54) is 0 Å². The highest BCUT2D eigenvalue weighted by Gasteiger charge is 2.19. The maximum absolute atomic E-state index is 9.31. The Morgan fingerprint density at radius 1 is 1.25 bits per heavy atom. The highest BCUT2D eigenvalue weighted by atomic mass is 15.3. The molecule has 0 spiro atoms. The zero-order chi connectivity index (χ0) is 14.5. The van der Waals surface area contributed by atoms with Crippen molar-refractivity contribution in [2.75, 3.05) is 37.6 Å². The van der Waals surface area contributed by atoms with E-state index in [2.05, 4.69) is 29.7 Å². The van der Waals surface area contributed by atoms with Crippen molar-refractivity contribution in [3.05, 3.63) is 29.3 Å². The van der Waals surface area contributed by atoms with Crippen LogP contribution >= 0.6 is 0 Å². The zero-order valence-electron chi connectivity index (χ0n) is 12.5. The summed E-state index contributed by atoms with van der Waals surface area (Å²) >= 11 is 0. The van der Waals surface area contributed by atoms with Crippen molar-refractivity contribution in [2.24, 2.45) is 11.7 Å². The van der Waals surface area contributed by atoms with Gasteiger partial charge < -0.3 is 10.6 Å². The molecule has 2 rings (SSSR count). The minimum absolute atomic E-state index is 0.483. The first-order chi connectivity index (χ1) is 9.63. The Bertz CT molecular complexity index is 482. The van der Waals surface area contributed by atoms with Gasteiger partial charge in [0, 0.05) is 39.3 Å². The van der Waals surface area contributed by atoms with Crippen LogP contribution in [0.3, 0.4) is 0 Å². The number of rotatable bonds is 4. The largest absolute Gasteiger partial charge is 0.368 e. The molecule has 0 amide bonds. The fourth-order valence-corrected chi connectivity index (χ4v) is 2.76. The summed E-state index contributed by atoms with van der Waals surface area (Å²) in [4.78, 5) is 4.82. The lowest BCUT2D eigenvalue weighted by Crippen LogP contribution is -2.47. The van der Waals surface area contributed by atoms with Crippen LogP contribution < -0.4 is 10.6 Å². The molecule has 0 bridgehead atoms. The average molecular weight is 272 g/mol. The molecule has 0 unspecified atom stereocenters. The summed E-state index contributed by atoms with van der Waals surface area (Å²) < 4.78 is 0. The van der Waals surface area contributed by atoms with Crippen molar-refractivity contribution in [3.63, 3.8) is 0 Å². The first kappa shape index (κ1) is 14.8.